The second-order valence-electron chi connectivity index (χ2n) is 19.7. The van der Waals surface area contributed by atoms with Gasteiger partial charge in [0.1, 0.15) is 11.1 Å². The number of carboxylic acid groups (broad SMARTS) is 2. The lowest BCUT2D eigenvalue weighted by Gasteiger charge is -2.57. The highest BCUT2D eigenvalue weighted by Gasteiger charge is 2.53. The first kappa shape index (κ1) is 48.1. The minimum absolute atomic E-state index is 0.00555. The van der Waals surface area contributed by atoms with E-state index in [0.29, 0.717) is 71.8 Å². The summed E-state index contributed by atoms with van der Waals surface area (Å²) in [7, 11) is -3.81. The SMILES string of the molecule is CC1(C)CC2CN(S(=O)(=O)Cc3cccc(NC(=O)N4CCC(c5ccc6c7c(cccc57)C(=O)N6C5CCC(=O)NC5=O)CC4)c3)C1CC2Nc1cccc(-c2sc(C(=O)O)c(OCC(=O)O)c2Cl)c1. The number of hydrogen-bond donors (Lipinski definition) is 5. The number of thiophene rings is 1. The first-order chi connectivity index (χ1) is 33.9. The lowest BCUT2D eigenvalue weighted by molar-refractivity contribution is -0.139. The third-order valence-corrected chi connectivity index (χ3v) is 18.2. The van der Waals surface area contributed by atoms with Crippen LogP contribution in [0.15, 0.2) is 78.9 Å². The van der Waals surface area contributed by atoms with E-state index in [1.54, 1.807) is 51.7 Å². The number of imide groups is 1. The van der Waals surface area contributed by atoms with Crippen LogP contribution < -0.4 is 25.6 Å². The van der Waals surface area contributed by atoms with Crippen LogP contribution in [0.3, 0.4) is 0 Å². The molecule has 6 heterocycles. The highest BCUT2D eigenvalue weighted by molar-refractivity contribution is 7.88. The van der Waals surface area contributed by atoms with E-state index in [1.165, 1.54) is 4.90 Å². The summed E-state index contributed by atoms with van der Waals surface area (Å²) in [6.07, 6.45) is 3.12. The van der Waals surface area contributed by atoms with Crippen molar-refractivity contribution >= 4 is 96.5 Å². The first-order valence-electron chi connectivity index (χ1n) is 23.5. The summed E-state index contributed by atoms with van der Waals surface area (Å²) in [6, 6.07) is 22.3. The molecule has 5 amide bonds. The number of nitrogens with one attached hydrogen (secondary N) is 3. The Kier molecular flexibility index (Phi) is 12.6. The summed E-state index contributed by atoms with van der Waals surface area (Å²) in [6.45, 7) is 4.72. The molecule has 4 saturated heterocycles. The van der Waals surface area contributed by atoms with Crippen molar-refractivity contribution in [1.29, 1.82) is 0 Å². The number of carbonyl (C=O) groups is 6. The summed E-state index contributed by atoms with van der Waals surface area (Å²) in [5.74, 6) is -4.01. The van der Waals surface area contributed by atoms with E-state index in [1.807, 2.05) is 36.4 Å². The maximum atomic E-state index is 14.3. The number of benzene rings is 4. The average Bonchev–Trinajstić information content (AvgIpc) is 3.81. The molecule has 17 nitrogen and oxygen atoms in total. The molecule has 0 spiro atoms. The Hall–Kier alpha value is -6.54. The number of likely N-dealkylation sites (tertiary alicyclic amines) is 1. The number of piperidine rings is 4. The molecule has 5 aromatic rings. The van der Waals surface area contributed by atoms with E-state index in [0.717, 1.165) is 39.8 Å². The van der Waals surface area contributed by atoms with Gasteiger partial charge < -0.3 is 30.5 Å². The summed E-state index contributed by atoms with van der Waals surface area (Å²) >= 11 is 7.46. The third kappa shape index (κ3) is 9.08. The zero-order chi connectivity index (χ0) is 50.1. The molecule has 11 rings (SSSR count). The van der Waals surface area contributed by atoms with Crippen LogP contribution in [0.4, 0.5) is 21.9 Å². The van der Waals surface area contributed by atoms with Crippen molar-refractivity contribution in [2.45, 2.75) is 82.2 Å². The van der Waals surface area contributed by atoms with Gasteiger partial charge in [-0.15, -0.1) is 11.3 Å². The Morgan fingerprint density at radius 1 is 0.944 bits per heavy atom. The molecule has 0 radical (unpaired) electrons. The molecule has 71 heavy (non-hydrogen) atoms. The minimum atomic E-state index is -3.81. The molecule has 2 bridgehead atoms. The van der Waals surface area contributed by atoms with Crippen molar-refractivity contribution in [2.75, 3.05) is 41.8 Å². The third-order valence-electron chi connectivity index (χ3n) is 14.7. The number of nitrogens with zero attached hydrogens (tertiary/aromatic N) is 3. The van der Waals surface area contributed by atoms with E-state index >= 15 is 0 Å². The minimum Gasteiger partial charge on any atom is -0.479 e. The predicted octanol–water partition coefficient (Wildman–Crippen LogP) is 7.99. The van der Waals surface area contributed by atoms with Crippen LogP contribution in [0.1, 0.15) is 89.4 Å². The van der Waals surface area contributed by atoms with Gasteiger partial charge in [-0.2, -0.15) is 4.31 Å². The van der Waals surface area contributed by atoms with Gasteiger partial charge in [0.25, 0.3) is 5.91 Å². The lowest BCUT2D eigenvalue weighted by Crippen LogP contribution is -2.64. The van der Waals surface area contributed by atoms with E-state index in [-0.39, 0.29) is 81.4 Å². The van der Waals surface area contributed by atoms with Crippen LogP contribution in [0.2, 0.25) is 5.02 Å². The fourth-order valence-corrected chi connectivity index (χ4v) is 14.8. The quantitative estimate of drug-likeness (QED) is 0.0707. The monoisotopic (exact) mass is 1020 g/mol. The predicted molar refractivity (Wildman–Crippen MR) is 268 cm³/mol. The Morgan fingerprint density at radius 2 is 1.69 bits per heavy atom. The number of aromatic carboxylic acids is 1. The summed E-state index contributed by atoms with van der Waals surface area (Å²) < 4.78 is 35.6. The van der Waals surface area contributed by atoms with Gasteiger partial charge in [0.2, 0.25) is 21.8 Å². The van der Waals surface area contributed by atoms with Crippen molar-refractivity contribution in [3.63, 3.8) is 0 Å². The van der Waals surface area contributed by atoms with Crippen molar-refractivity contribution in [1.82, 2.24) is 14.5 Å². The molecule has 6 aliphatic rings. The van der Waals surface area contributed by atoms with Crippen molar-refractivity contribution in [2.24, 2.45) is 11.3 Å². The standard InChI is InChI=1S/C51H51ClN6O11S2/c1-51(2)23-30-24-57(39(51)22-36(30)53-32-9-4-7-29(21-32)45-43(52)44(69-25-41(60)61)46(70-45)49(64)65)71(67,68)26-27-6-3-8-31(20-27)54-50(66)56-18-16-28(17-19-56)33-12-13-37-42-34(33)10-5-11-35(42)48(63)58(37)38-14-15-40(59)55-47(38)62/h3-13,20-21,28,30,36,38-39,53H,14-19,22-26H2,1-2H3,(H,54,66)(H,60,61)(H,64,65)(H,55,59,62). The summed E-state index contributed by atoms with van der Waals surface area (Å²) in [5.41, 5.74) is 4.33. The van der Waals surface area contributed by atoms with E-state index in [4.69, 9.17) is 21.4 Å². The Bertz CT molecular complexity index is 3170. The fraction of sp³-hybridized carbons (Fsp3) is 0.373. The number of aliphatic carboxylic acids is 1. The van der Waals surface area contributed by atoms with Crippen molar-refractivity contribution in [3.05, 3.63) is 105 Å². The van der Waals surface area contributed by atoms with Gasteiger partial charge in [0, 0.05) is 60.5 Å². The van der Waals surface area contributed by atoms with Gasteiger partial charge in [-0.25, -0.2) is 22.8 Å². The number of sulfonamides is 1. The molecule has 5 aliphatic heterocycles. The van der Waals surface area contributed by atoms with Crippen molar-refractivity contribution in [3.8, 4) is 16.2 Å². The average molecular weight is 1020 g/mol. The second kappa shape index (κ2) is 18.6. The van der Waals surface area contributed by atoms with Crippen molar-refractivity contribution < 1.29 is 52.1 Å². The fourth-order valence-electron chi connectivity index (χ4n) is 11.4. The molecule has 1 saturated carbocycles. The molecule has 5 N–H and O–H groups in total. The summed E-state index contributed by atoms with van der Waals surface area (Å²) in [5, 5.41) is 29.6. The van der Waals surface area contributed by atoms with E-state index < -0.39 is 40.5 Å². The summed E-state index contributed by atoms with van der Waals surface area (Å²) in [4.78, 5) is 78.6. The number of amides is 5. The van der Waals surface area contributed by atoms with E-state index in [2.05, 4.69) is 29.8 Å². The van der Waals surface area contributed by atoms with E-state index in [9.17, 15) is 42.3 Å². The zero-order valence-electron chi connectivity index (χ0n) is 38.8. The van der Waals surface area contributed by atoms with Crippen LogP contribution in [-0.2, 0) is 30.2 Å². The zero-order valence-corrected chi connectivity index (χ0v) is 41.2. The number of rotatable bonds is 13. The number of ether oxygens (including phenoxy) is 1. The van der Waals surface area contributed by atoms with Crippen LogP contribution in [0.5, 0.6) is 5.75 Å². The van der Waals surface area contributed by atoms with Gasteiger partial charge in [0.05, 0.1) is 16.3 Å². The van der Waals surface area contributed by atoms with Gasteiger partial charge >= 0.3 is 18.0 Å². The molecular weight excluding hydrogens is 972 g/mol. The maximum Gasteiger partial charge on any atom is 0.349 e. The van der Waals surface area contributed by atoms with Gasteiger partial charge in [-0.05, 0) is 108 Å². The Balaban J connectivity index is 0.769. The second-order valence-corrected chi connectivity index (χ2v) is 23.0. The van der Waals surface area contributed by atoms with Crippen LogP contribution in [0, 0.1) is 11.3 Å². The molecule has 4 atom stereocenters. The number of fused-ring (bicyclic) bond motifs is 3. The smallest absolute Gasteiger partial charge is 0.349 e. The number of urea groups is 1. The molecule has 1 aromatic heterocycles. The van der Waals surface area contributed by atoms with Crippen LogP contribution >= 0.6 is 22.9 Å². The normalized spacial score (nSPS) is 22.2. The Labute approximate surface area is 418 Å². The highest BCUT2D eigenvalue weighted by atomic mass is 35.5. The maximum absolute atomic E-state index is 14.3. The van der Waals surface area contributed by atoms with Gasteiger partial charge in [-0.3, -0.25) is 24.6 Å². The molecule has 370 valence electrons. The molecule has 4 aromatic carbocycles. The molecular formula is C51H51ClN6O11S2. The topological polar surface area (TPSA) is 232 Å². The first-order valence-corrected chi connectivity index (χ1v) is 26.3. The van der Waals surface area contributed by atoms with Crippen LogP contribution in [-0.4, -0.2) is 108 Å². The highest BCUT2D eigenvalue weighted by Crippen LogP contribution is 2.50. The molecule has 5 fully saturated rings. The van der Waals surface area contributed by atoms with Crippen LogP contribution in [0.25, 0.3) is 21.2 Å². The number of halogens is 1. The number of carboxylic acids is 2. The molecule has 20 heteroatoms. The lowest BCUT2D eigenvalue weighted by atomic mass is 9.63. The number of carbonyl (C=O) groups excluding carboxylic acids is 4. The van der Waals surface area contributed by atoms with Gasteiger partial charge in [0.15, 0.2) is 17.2 Å². The molecule has 1 aliphatic carbocycles. The molecule has 4 unspecified atom stereocenters. The number of anilines is 3. The number of hydrogen-bond acceptors (Lipinski definition) is 11. The Morgan fingerprint density at radius 3 is 2.42 bits per heavy atom. The largest absolute Gasteiger partial charge is 0.479 e. The van der Waals surface area contributed by atoms with Gasteiger partial charge in [-0.1, -0.05) is 67.9 Å².